The normalized spacial score (nSPS) is 10.9. The van der Waals surface area contributed by atoms with Crippen LogP contribution in [0.15, 0.2) is 12.1 Å². The Morgan fingerprint density at radius 3 is 2.47 bits per heavy atom. The summed E-state index contributed by atoms with van der Waals surface area (Å²) in [6.45, 7) is 3.78. The molecule has 0 aliphatic heterocycles. The first-order valence-electron chi connectivity index (χ1n) is 6.01. The number of ether oxygens (including phenoxy) is 2. The van der Waals surface area contributed by atoms with Crippen molar-refractivity contribution >= 4 is 17.2 Å². The number of hydrogen-bond acceptors (Lipinski definition) is 6. The lowest BCUT2D eigenvalue weighted by Crippen LogP contribution is -2.30. The molecular formula is C12H21N3O3S. The van der Waals surface area contributed by atoms with Gasteiger partial charge < -0.3 is 9.47 Å². The average molecular weight is 287 g/mol. The minimum Gasteiger partial charge on any atom is -0.383 e. The lowest BCUT2D eigenvalue weighted by molar-refractivity contribution is 0.0957. The lowest BCUT2D eigenvalue weighted by atomic mass is 10.3. The summed E-state index contributed by atoms with van der Waals surface area (Å²) in [4.78, 5) is 15.3. The van der Waals surface area contributed by atoms with E-state index >= 15 is 0 Å². The second-order valence-corrected chi connectivity index (χ2v) is 5.17. The third-order valence-electron chi connectivity index (χ3n) is 2.62. The molecule has 0 aromatic carbocycles. The van der Waals surface area contributed by atoms with Gasteiger partial charge in [-0.25, -0.2) is 5.84 Å². The van der Waals surface area contributed by atoms with Crippen LogP contribution >= 0.6 is 11.3 Å². The molecule has 0 unspecified atom stereocenters. The molecule has 19 heavy (non-hydrogen) atoms. The summed E-state index contributed by atoms with van der Waals surface area (Å²) in [5.74, 6) is 4.86. The number of nitrogens with two attached hydrogens (primary N) is 1. The number of rotatable bonds is 9. The van der Waals surface area contributed by atoms with Crippen LogP contribution in [0, 0.1) is 0 Å². The summed E-state index contributed by atoms with van der Waals surface area (Å²) in [6.07, 6.45) is 0. The summed E-state index contributed by atoms with van der Waals surface area (Å²) >= 11 is 1.45. The Bertz CT molecular complexity index is 376. The highest BCUT2D eigenvalue weighted by atomic mass is 32.1. The maximum Gasteiger partial charge on any atom is 0.275 e. The minimum atomic E-state index is -0.253. The van der Waals surface area contributed by atoms with Crippen molar-refractivity contribution in [3.63, 3.8) is 0 Å². The molecule has 108 valence electrons. The van der Waals surface area contributed by atoms with Crippen molar-refractivity contribution in [1.82, 2.24) is 10.3 Å². The molecule has 1 aromatic rings. The van der Waals surface area contributed by atoms with E-state index in [0.29, 0.717) is 18.1 Å². The van der Waals surface area contributed by atoms with E-state index in [-0.39, 0.29) is 5.91 Å². The zero-order valence-electron chi connectivity index (χ0n) is 11.3. The molecular weight excluding hydrogens is 266 g/mol. The van der Waals surface area contributed by atoms with Gasteiger partial charge in [-0.2, -0.15) is 0 Å². The van der Waals surface area contributed by atoms with Crippen LogP contribution in [0.4, 0.5) is 0 Å². The number of hydrogen-bond donors (Lipinski definition) is 2. The zero-order valence-corrected chi connectivity index (χ0v) is 12.2. The SMILES string of the molecule is COCCN(CCOC)Cc1ccc(C(=O)NN)s1. The third-order valence-corrected chi connectivity index (χ3v) is 3.69. The van der Waals surface area contributed by atoms with Crippen LogP contribution in [0.1, 0.15) is 14.5 Å². The second-order valence-electron chi connectivity index (χ2n) is 4.00. The van der Waals surface area contributed by atoms with Gasteiger partial charge in [0.1, 0.15) is 0 Å². The Kier molecular flexibility index (Phi) is 7.61. The number of nitrogens with one attached hydrogen (secondary N) is 1. The molecule has 7 heteroatoms. The summed E-state index contributed by atoms with van der Waals surface area (Å²) in [7, 11) is 3.37. The summed E-state index contributed by atoms with van der Waals surface area (Å²) < 4.78 is 10.2. The van der Waals surface area contributed by atoms with Crippen molar-refractivity contribution < 1.29 is 14.3 Å². The first-order valence-corrected chi connectivity index (χ1v) is 6.82. The van der Waals surface area contributed by atoms with Gasteiger partial charge in [0, 0.05) is 38.7 Å². The quantitative estimate of drug-likeness (QED) is 0.392. The molecule has 1 rings (SSSR count). The standard InChI is InChI=1S/C12H21N3O3S/c1-17-7-5-15(6-8-18-2)9-10-3-4-11(19-10)12(16)14-13/h3-4H,5-9,13H2,1-2H3,(H,14,16). The molecule has 0 bridgehead atoms. The van der Waals surface area contributed by atoms with E-state index in [4.69, 9.17) is 15.3 Å². The van der Waals surface area contributed by atoms with E-state index < -0.39 is 0 Å². The fourth-order valence-electron chi connectivity index (χ4n) is 1.59. The average Bonchev–Trinajstić information content (AvgIpc) is 2.89. The number of carbonyl (C=O) groups is 1. The van der Waals surface area contributed by atoms with E-state index in [1.165, 1.54) is 11.3 Å². The highest BCUT2D eigenvalue weighted by Crippen LogP contribution is 2.18. The predicted octanol–water partition coefficient (Wildman–Crippen LogP) is 0.446. The minimum absolute atomic E-state index is 0.253. The molecule has 0 aliphatic rings. The van der Waals surface area contributed by atoms with Gasteiger partial charge in [0.15, 0.2) is 0 Å². The van der Waals surface area contributed by atoms with Crippen LogP contribution in [0.3, 0.4) is 0 Å². The number of nitrogens with zero attached hydrogens (tertiary/aromatic N) is 1. The molecule has 0 saturated carbocycles. The molecule has 0 radical (unpaired) electrons. The van der Waals surface area contributed by atoms with E-state index in [9.17, 15) is 4.79 Å². The van der Waals surface area contributed by atoms with Crippen molar-refractivity contribution in [3.8, 4) is 0 Å². The van der Waals surface area contributed by atoms with Crippen molar-refractivity contribution in [2.24, 2.45) is 5.84 Å². The van der Waals surface area contributed by atoms with Crippen LogP contribution in [0.5, 0.6) is 0 Å². The van der Waals surface area contributed by atoms with Gasteiger partial charge in [-0.3, -0.25) is 15.1 Å². The fourth-order valence-corrected chi connectivity index (χ4v) is 2.54. The molecule has 0 atom stereocenters. The predicted molar refractivity (Wildman–Crippen MR) is 75.0 cm³/mol. The number of amides is 1. The zero-order chi connectivity index (χ0) is 14.1. The highest BCUT2D eigenvalue weighted by molar-refractivity contribution is 7.14. The van der Waals surface area contributed by atoms with E-state index in [1.54, 1.807) is 20.3 Å². The number of hydrazine groups is 1. The molecule has 0 saturated heterocycles. The van der Waals surface area contributed by atoms with E-state index in [2.05, 4.69) is 10.3 Å². The Labute approximate surface area is 117 Å². The number of methoxy groups -OCH3 is 2. The molecule has 1 aromatic heterocycles. The molecule has 1 heterocycles. The maximum atomic E-state index is 11.4. The fraction of sp³-hybridized carbons (Fsp3) is 0.583. The van der Waals surface area contributed by atoms with E-state index in [1.807, 2.05) is 6.07 Å². The van der Waals surface area contributed by atoms with Gasteiger partial charge in [0.2, 0.25) is 0 Å². The highest BCUT2D eigenvalue weighted by Gasteiger charge is 2.11. The maximum absolute atomic E-state index is 11.4. The third kappa shape index (κ3) is 5.66. The van der Waals surface area contributed by atoms with Crippen molar-refractivity contribution in [1.29, 1.82) is 0 Å². The topological polar surface area (TPSA) is 76.8 Å². The van der Waals surface area contributed by atoms with Crippen molar-refractivity contribution in [3.05, 3.63) is 21.9 Å². The van der Waals surface area contributed by atoms with E-state index in [0.717, 1.165) is 24.5 Å². The van der Waals surface area contributed by atoms with Crippen molar-refractivity contribution in [2.45, 2.75) is 6.54 Å². The number of nitrogen functional groups attached to an aromatic ring is 1. The van der Waals surface area contributed by atoms with Gasteiger partial charge >= 0.3 is 0 Å². The monoisotopic (exact) mass is 287 g/mol. The van der Waals surface area contributed by atoms with Crippen molar-refractivity contribution in [2.75, 3.05) is 40.5 Å². The van der Waals surface area contributed by atoms with Gasteiger partial charge in [-0.05, 0) is 12.1 Å². The first-order chi connectivity index (χ1) is 9.21. The molecule has 3 N–H and O–H groups in total. The summed E-state index contributed by atoms with van der Waals surface area (Å²) in [5.41, 5.74) is 2.13. The molecule has 6 nitrogen and oxygen atoms in total. The second kappa shape index (κ2) is 9.00. The lowest BCUT2D eigenvalue weighted by Gasteiger charge is -2.20. The Morgan fingerprint density at radius 2 is 1.95 bits per heavy atom. The first kappa shape index (κ1) is 16.1. The smallest absolute Gasteiger partial charge is 0.275 e. The van der Waals surface area contributed by atoms with Crippen LogP contribution < -0.4 is 11.3 Å². The molecule has 0 spiro atoms. The van der Waals surface area contributed by atoms with Crippen LogP contribution in [-0.2, 0) is 16.0 Å². The van der Waals surface area contributed by atoms with Crippen LogP contribution in [-0.4, -0.2) is 51.3 Å². The van der Waals surface area contributed by atoms with Gasteiger partial charge in [-0.1, -0.05) is 0 Å². The summed E-state index contributed by atoms with van der Waals surface area (Å²) in [5, 5.41) is 0. The van der Waals surface area contributed by atoms with Crippen LogP contribution in [0.2, 0.25) is 0 Å². The van der Waals surface area contributed by atoms with Gasteiger partial charge in [0.05, 0.1) is 18.1 Å². The Hall–Kier alpha value is -0.990. The largest absolute Gasteiger partial charge is 0.383 e. The number of carbonyl (C=O) groups excluding carboxylic acids is 1. The molecule has 0 aliphatic carbocycles. The summed E-state index contributed by atoms with van der Waals surface area (Å²) in [6, 6.07) is 3.73. The number of thiophene rings is 1. The van der Waals surface area contributed by atoms with Gasteiger partial charge in [-0.15, -0.1) is 11.3 Å². The Balaban J connectivity index is 2.56. The van der Waals surface area contributed by atoms with Gasteiger partial charge in [0.25, 0.3) is 5.91 Å². The molecule has 1 amide bonds. The van der Waals surface area contributed by atoms with Crippen LogP contribution in [0.25, 0.3) is 0 Å². The molecule has 0 fully saturated rings. The Morgan fingerprint density at radius 1 is 1.32 bits per heavy atom.